The average molecular weight is 375 g/mol. The summed E-state index contributed by atoms with van der Waals surface area (Å²) in [7, 11) is 3.22. The van der Waals surface area contributed by atoms with E-state index in [9.17, 15) is 5.11 Å². The summed E-state index contributed by atoms with van der Waals surface area (Å²) >= 11 is 0. The Morgan fingerprint density at radius 2 is 1.79 bits per heavy atom. The number of nitrogens with one attached hydrogen (secondary N) is 1. The van der Waals surface area contributed by atoms with Gasteiger partial charge in [-0.05, 0) is 42.8 Å². The smallest absolute Gasteiger partial charge is 0.162 e. The molecule has 0 bridgehead atoms. The van der Waals surface area contributed by atoms with Gasteiger partial charge in [0.05, 0.1) is 14.2 Å². The molecule has 142 valence electrons. The van der Waals surface area contributed by atoms with Gasteiger partial charge in [0.25, 0.3) is 0 Å². The van der Waals surface area contributed by atoms with Gasteiger partial charge in [-0.1, -0.05) is 18.2 Å². The largest absolute Gasteiger partial charge is 0.508 e. The van der Waals surface area contributed by atoms with Gasteiger partial charge in [0.2, 0.25) is 0 Å². The summed E-state index contributed by atoms with van der Waals surface area (Å²) < 4.78 is 12.7. The maximum atomic E-state index is 9.91. The van der Waals surface area contributed by atoms with Crippen LogP contribution in [0.4, 0.5) is 11.5 Å². The third-order valence-electron chi connectivity index (χ3n) is 4.53. The summed E-state index contributed by atoms with van der Waals surface area (Å²) in [6.07, 6.45) is 2.03. The Bertz CT molecular complexity index is 1150. The van der Waals surface area contributed by atoms with Crippen LogP contribution in [-0.2, 0) is 0 Å². The number of aromatic nitrogens is 2. The SMILES string of the molecule is COc1ccc(Nc2c(-c3cccc(O)c3)nc3ccc(C)cn23)cc1OC. The van der Waals surface area contributed by atoms with Gasteiger partial charge in [0.15, 0.2) is 11.5 Å². The highest BCUT2D eigenvalue weighted by Gasteiger charge is 2.16. The lowest BCUT2D eigenvalue weighted by molar-refractivity contribution is 0.355. The Kier molecular flexibility index (Phi) is 4.53. The number of hydrogen-bond acceptors (Lipinski definition) is 5. The quantitative estimate of drug-likeness (QED) is 0.526. The molecule has 4 rings (SSSR count). The highest BCUT2D eigenvalue weighted by Crippen LogP contribution is 2.35. The van der Waals surface area contributed by atoms with Crippen LogP contribution in [0.25, 0.3) is 16.9 Å². The van der Waals surface area contributed by atoms with E-state index in [1.54, 1.807) is 32.4 Å². The fraction of sp³-hybridized carbons (Fsp3) is 0.136. The monoisotopic (exact) mass is 375 g/mol. The van der Waals surface area contributed by atoms with E-state index in [1.165, 1.54) is 0 Å². The zero-order valence-electron chi connectivity index (χ0n) is 15.9. The topological polar surface area (TPSA) is 68.0 Å². The van der Waals surface area contributed by atoms with Crippen LogP contribution < -0.4 is 14.8 Å². The lowest BCUT2D eigenvalue weighted by Gasteiger charge is -2.13. The van der Waals surface area contributed by atoms with Crippen LogP contribution in [0, 0.1) is 6.92 Å². The number of aromatic hydroxyl groups is 1. The molecular formula is C22H21N3O3. The van der Waals surface area contributed by atoms with Crippen molar-refractivity contribution < 1.29 is 14.6 Å². The summed E-state index contributed by atoms with van der Waals surface area (Å²) in [5, 5.41) is 13.4. The number of nitrogens with zero attached hydrogens (tertiary/aromatic N) is 2. The zero-order valence-corrected chi connectivity index (χ0v) is 15.9. The maximum Gasteiger partial charge on any atom is 0.162 e. The number of phenols is 1. The molecule has 0 aliphatic rings. The molecule has 0 amide bonds. The molecule has 4 aromatic rings. The van der Waals surface area contributed by atoms with Gasteiger partial charge >= 0.3 is 0 Å². The Hall–Kier alpha value is -3.67. The van der Waals surface area contributed by atoms with Crippen molar-refractivity contribution in [2.45, 2.75) is 6.92 Å². The molecule has 2 aromatic carbocycles. The van der Waals surface area contributed by atoms with E-state index in [2.05, 4.69) is 5.32 Å². The van der Waals surface area contributed by atoms with E-state index in [1.807, 2.05) is 53.9 Å². The number of methoxy groups -OCH3 is 2. The molecule has 0 aliphatic carbocycles. The van der Waals surface area contributed by atoms with Crippen LogP contribution in [0.1, 0.15) is 5.56 Å². The minimum Gasteiger partial charge on any atom is -0.508 e. The fourth-order valence-corrected chi connectivity index (χ4v) is 3.18. The van der Waals surface area contributed by atoms with Crippen LogP contribution >= 0.6 is 0 Å². The first kappa shape index (κ1) is 17.7. The Morgan fingerprint density at radius 1 is 0.964 bits per heavy atom. The first-order valence-corrected chi connectivity index (χ1v) is 8.86. The molecule has 0 fully saturated rings. The first-order valence-electron chi connectivity index (χ1n) is 8.86. The second-order valence-corrected chi connectivity index (χ2v) is 6.49. The van der Waals surface area contributed by atoms with Crippen LogP contribution in [0.2, 0.25) is 0 Å². The molecule has 0 aliphatic heterocycles. The van der Waals surface area contributed by atoms with Gasteiger partial charge in [-0.3, -0.25) is 4.40 Å². The number of rotatable bonds is 5. The second-order valence-electron chi connectivity index (χ2n) is 6.49. The van der Waals surface area contributed by atoms with E-state index < -0.39 is 0 Å². The van der Waals surface area contributed by atoms with Crippen molar-refractivity contribution in [3.63, 3.8) is 0 Å². The van der Waals surface area contributed by atoms with Gasteiger partial charge in [-0.15, -0.1) is 0 Å². The number of anilines is 2. The van der Waals surface area contributed by atoms with E-state index in [0.717, 1.165) is 34.0 Å². The summed E-state index contributed by atoms with van der Waals surface area (Å²) in [4.78, 5) is 4.77. The minimum atomic E-state index is 0.197. The minimum absolute atomic E-state index is 0.197. The molecule has 2 N–H and O–H groups in total. The van der Waals surface area contributed by atoms with Gasteiger partial charge in [0.1, 0.15) is 22.9 Å². The summed E-state index contributed by atoms with van der Waals surface area (Å²) in [6, 6.07) is 16.7. The second kappa shape index (κ2) is 7.15. The van der Waals surface area contributed by atoms with E-state index in [4.69, 9.17) is 14.5 Å². The van der Waals surface area contributed by atoms with E-state index >= 15 is 0 Å². The summed E-state index contributed by atoms with van der Waals surface area (Å²) in [5.74, 6) is 2.30. The number of hydrogen-bond donors (Lipinski definition) is 2. The lowest BCUT2D eigenvalue weighted by Crippen LogP contribution is -1.99. The van der Waals surface area contributed by atoms with Crippen molar-refractivity contribution in [3.8, 4) is 28.5 Å². The standard InChI is InChI=1S/C22H21N3O3/c1-14-7-10-20-24-21(15-5-4-6-17(26)11-15)22(25(20)13-14)23-16-8-9-18(27-2)19(12-16)28-3/h4-13,23,26H,1-3H3. The number of aryl methyl sites for hydroxylation is 1. The van der Waals surface area contributed by atoms with Crippen molar-refractivity contribution in [2.24, 2.45) is 0 Å². The number of imidazole rings is 1. The van der Waals surface area contributed by atoms with E-state index in [0.29, 0.717) is 11.5 Å². The normalized spacial score (nSPS) is 10.8. The number of fused-ring (bicyclic) bond motifs is 1. The van der Waals surface area contributed by atoms with Gasteiger partial charge in [-0.2, -0.15) is 0 Å². The zero-order chi connectivity index (χ0) is 19.7. The summed E-state index contributed by atoms with van der Waals surface area (Å²) in [6.45, 7) is 2.04. The third kappa shape index (κ3) is 3.20. The summed E-state index contributed by atoms with van der Waals surface area (Å²) in [5.41, 5.74) is 4.33. The molecule has 28 heavy (non-hydrogen) atoms. The van der Waals surface area contributed by atoms with Crippen molar-refractivity contribution >= 4 is 17.2 Å². The van der Waals surface area contributed by atoms with Crippen LogP contribution in [0.15, 0.2) is 60.8 Å². The molecule has 0 saturated heterocycles. The molecule has 0 atom stereocenters. The third-order valence-corrected chi connectivity index (χ3v) is 4.53. The van der Waals surface area contributed by atoms with E-state index in [-0.39, 0.29) is 5.75 Å². The number of pyridine rings is 1. The maximum absolute atomic E-state index is 9.91. The molecule has 6 heteroatoms. The number of ether oxygens (including phenoxy) is 2. The van der Waals surface area contributed by atoms with Crippen molar-refractivity contribution in [1.29, 1.82) is 0 Å². The molecule has 0 unspecified atom stereocenters. The predicted molar refractivity (Wildman–Crippen MR) is 110 cm³/mol. The van der Waals surface area contributed by atoms with Crippen molar-refractivity contribution in [2.75, 3.05) is 19.5 Å². The van der Waals surface area contributed by atoms with Gasteiger partial charge < -0.3 is 19.9 Å². The first-order chi connectivity index (χ1) is 13.6. The molecule has 6 nitrogen and oxygen atoms in total. The molecular weight excluding hydrogens is 354 g/mol. The van der Waals surface area contributed by atoms with Crippen LogP contribution in [0.5, 0.6) is 17.2 Å². The molecule has 2 aromatic heterocycles. The Labute approximate surface area is 163 Å². The highest BCUT2D eigenvalue weighted by atomic mass is 16.5. The molecule has 0 spiro atoms. The molecule has 2 heterocycles. The van der Waals surface area contributed by atoms with Crippen LogP contribution in [-0.4, -0.2) is 28.7 Å². The average Bonchev–Trinajstić information content (AvgIpc) is 3.05. The lowest BCUT2D eigenvalue weighted by atomic mass is 10.1. The molecule has 0 saturated carbocycles. The number of benzene rings is 2. The fourth-order valence-electron chi connectivity index (χ4n) is 3.18. The van der Waals surface area contributed by atoms with Crippen molar-refractivity contribution in [1.82, 2.24) is 9.38 Å². The molecule has 0 radical (unpaired) electrons. The van der Waals surface area contributed by atoms with Crippen molar-refractivity contribution in [3.05, 3.63) is 66.4 Å². The van der Waals surface area contributed by atoms with Crippen LogP contribution in [0.3, 0.4) is 0 Å². The van der Waals surface area contributed by atoms with Gasteiger partial charge in [0, 0.05) is 23.5 Å². The predicted octanol–water partition coefficient (Wildman–Crippen LogP) is 4.78. The highest BCUT2D eigenvalue weighted by molar-refractivity contribution is 5.80. The Balaban J connectivity index is 1.87. The van der Waals surface area contributed by atoms with Gasteiger partial charge in [-0.25, -0.2) is 4.98 Å². The number of phenolic OH excluding ortho intramolecular Hbond substituents is 1. The Morgan fingerprint density at radius 3 is 2.54 bits per heavy atom.